The standard InChI is InChI=1S/C12H13N3O2/c1-15-4-5-16-10-3-2-8(6-9(10)15)11-7-12(13)14-17-11/h2-3,6-7H,4-5H2,1H3,(H2,13,14). The molecule has 1 aromatic carbocycles. The highest BCUT2D eigenvalue weighted by atomic mass is 16.5. The number of likely N-dealkylation sites (N-methyl/N-ethyl adjacent to an activating group) is 1. The Labute approximate surface area is 98.8 Å². The first-order chi connectivity index (χ1) is 8.24. The number of hydrogen-bond donors (Lipinski definition) is 1. The van der Waals surface area contributed by atoms with Crippen LogP contribution in [0, 0.1) is 0 Å². The molecule has 1 aliphatic rings. The minimum absolute atomic E-state index is 0.391. The van der Waals surface area contributed by atoms with E-state index in [-0.39, 0.29) is 0 Å². The first kappa shape index (κ1) is 10.0. The van der Waals surface area contributed by atoms with Crippen molar-refractivity contribution in [1.29, 1.82) is 0 Å². The predicted octanol–water partition coefficient (Wildman–Crippen LogP) is 1.75. The zero-order valence-electron chi connectivity index (χ0n) is 9.51. The molecule has 2 aromatic rings. The van der Waals surface area contributed by atoms with Gasteiger partial charge in [-0.05, 0) is 18.2 Å². The second-order valence-electron chi connectivity index (χ2n) is 4.07. The van der Waals surface area contributed by atoms with E-state index in [0.29, 0.717) is 11.6 Å². The number of nitrogens with two attached hydrogens (primary N) is 1. The van der Waals surface area contributed by atoms with Crippen molar-refractivity contribution in [3.8, 4) is 17.1 Å². The lowest BCUT2D eigenvalue weighted by molar-refractivity contribution is 0.311. The van der Waals surface area contributed by atoms with Gasteiger partial charge in [0.15, 0.2) is 11.6 Å². The third-order valence-electron chi connectivity index (χ3n) is 2.87. The number of hydrogen-bond acceptors (Lipinski definition) is 5. The zero-order chi connectivity index (χ0) is 11.8. The van der Waals surface area contributed by atoms with Crippen molar-refractivity contribution in [3.05, 3.63) is 24.3 Å². The van der Waals surface area contributed by atoms with Gasteiger partial charge in [-0.1, -0.05) is 5.16 Å². The van der Waals surface area contributed by atoms with Gasteiger partial charge in [-0.3, -0.25) is 0 Å². The predicted molar refractivity (Wildman–Crippen MR) is 65.1 cm³/mol. The molecule has 1 aliphatic heterocycles. The lowest BCUT2D eigenvalue weighted by Crippen LogP contribution is -2.28. The Kier molecular flexibility index (Phi) is 2.18. The van der Waals surface area contributed by atoms with Gasteiger partial charge in [-0.2, -0.15) is 0 Å². The Hall–Kier alpha value is -2.17. The van der Waals surface area contributed by atoms with Crippen molar-refractivity contribution >= 4 is 11.5 Å². The van der Waals surface area contributed by atoms with Crippen LogP contribution in [0.1, 0.15) is 0 Å². The maximum Gasteiger partial charge on any atom is 0.169 e. The molecule has 3 rings (SSSR count). The molecule has 0 unspecified atom stereocenters. The van der Waals surface area contributed by atoms with Crippen LogP contribution in [0.2, 0.25) is 0 Å². The quantitative estimate of drug-likeness (QED) is 0.810. The van der Waals surface area contributed by atoms with Crippen LogP contribution >= 0.6 is 0 Å². The smallest absolute Gasteiger partial charge is 0.169 e. The topological polar surface area (TPSA) is 64.5 Å². The lowest BCUT2D eigenvalue weighted by Gasteiger charge is -2.27. The van der Waals surface area contributed by atoms with Crippen molar-refractivity contribution < 1.29 is 9.26 Å². The molecule has 0 spiro atoms. The van der Waals surface area contributed by atoms with Crippen LogP contribution in [-0.2, 0) is 0 Å². The molecule has 0 radical (unpaired) electrons. The van der Waals surface area contributed by atoms with Crippen LogP contribution in [0.5, 0.6) is 5.75 Å². The summed E-state index contributed by atoms with van der Waals surface area (Å²) in [7, 11) is 2.04. The van der Waals surface area contributed by atoms with Gasteiger partial charge in [0.1, 0.15) is 12.4 Å². The van der Waals surface area contributed by atoms with E-state index in [9.17, 15) is 0 Å². The van der Waals surface area contributed by atoms with E-state index in [2.05, 4.69) is 10.1 Å². The van der Waals surface area contributed by atoms with Gasteiger partial charge in [-0.15, -0.1) is 0 Å². The van der Waals surface area contributed by atoms with Gasteiger partial charge < -0.3 is 19.9 Å². The Balaban J connectivity index is 2.05. The summed E-state index contributed by atoms with van der Waals surface area (Å²) in [4.78, 5) is 2.15. The Morgan fingerprint density at radius 2 is 2.24 bits per heavy atom. The molecule has 0 bridgehead atoms. The first-order valence-electron chi connectivity index (χ1n) is 5.44. The monoisotopic (exact) mass is 231 g/mol. The average Bonchev–Trinajstić information content (AvgIpc) is 2.76. The average molecular weight is 231 g/mol. The molecule has 2 heterocycles. The fourth-order valence-electron chi connectivity index (χ4n) is 1.93. The largest absolute Gasteiger partial charge is 0.490 e. The van der Waals surface area contributed by atoms with Crippen LogP contribution in [0.4, 0.5) is 11.5 Å². The van der Waals surface area contributed by atoms with E-state index in [1.165, 1.54) is 0 Å². The van der Waals surface area contributed by atoms with Crippen molar-refractivity contribution in [1.82, 2.24) is 5.16 Å². The summed E-state index contributed by atoms with van der Waals surface area (Å²) in [6, 6.07) is 7.62. The van der Waals surface area contributed by atoms with E-state index in [1.54, 1.807) is 6.07 Å². The third-order valence-corrected chi connectivity index (χ3v) is 2.87. The highest BCUT2D eigenvalue weighted by Gasteiger charge is 2.16. The summed E-state index contributed by atoms with van der Waals surface area (Å²) in [5.41, 5.74) is 7.55. The molecule has 5 nitrogen and oxygen atoms in total. The van der Waals surface area contributed by atoms with Gasteiger partial charge in [0, 0.05) is 18.7 Å². The van der Waals surface area contributed by atoms with E-state index in [0.717, 1.165) is 30.2 Å². The number of benzene rings is 1. The molecule has 1 aromatic heterocycles. The van der Waals surface area contributed by atoms with Crippen molar-refractivity contribution in [2.45, 2.75) is 0 Å². The summed E-state index contributed by atoms with van der Waals surface area (Å²) in [5, 5.41) is 3.68. The third kappa shape index (κ3) is 1.69. The molecule has 0 aliphatic carbocycles. The molecule has 0 saturated heterocycles. The molecule has 2 N–H and O–H groups in total. The maximum atomic E-state index is 5.58. The molecule has 88 valence electrons. The number of ether oxygens (including phenoxy) is 1. The second kappa shape index (κ2) is 3.69. The van der Waals surface area contributed by atoms with Gasteiger partial charge in [0.2, 0.25) is 0 Å². The minimum atomic E-state index is 0.391. The lowest BCUT2D eigenvalue weighted by atomic mass is 10.1. The number of nitrogen functional groups attached to an aromatic ring is 1. The zero-order valence-corrected chi connectivity index (χ0v) is 9.51. The number of aromatic nitrogens is 1. The second-order valence-corrected chi connectivity index (χ2v) is 4.07. The maximum absolute atomic E-state index is 5.58. The van der Waals surface area contributed by atoms with E-state index in [1.807, 2.05) is 25.2 Å². The van der Waals surface area contributed by atoms with Gasteiger partial charge >= 0.3 is 0 Å². The van der Waals surface area contributed by atoms with Gasteiger partial charge in [-0.25, -0.2) is 0 Å². The highest BCUT2D eigenvalue weighted by molar-refractivity contribution is 5.71. The van der Waals surface area contributed by atoms with Crippen LogP contribution in [0.25, 0.3) is 11.3 Å². The summed E-state index contributed by atoms with van der Waals surface area (Å²) in [6.45, 7) is 1.60. The summed E-state index contributed by atoms with van der Waals surface area (Å²) in [5.74, 6) is 1.96. The highest BCUT2D eigenvalue weighted by Crippen LogP contribution is 2.35. The molecular weight excluding hydrogens is 218 g/mol. The van der Waals surface area contributed by atoms with Crippen molar-refractivity contribution in [3.63, 3.8) is 0 Å². The number of nitrogens with zero attached hydrogens (tertiary/aromatic N) is 2. The molecule has 17 heavy (non-hydrogen) atoms. The molecule has 0 saturated carbocycles. The fourth-order valence-corrected chi connectivity index (χ4v) is 1.93. The van der Waals surface area contributed by atoms with Crippen molar-refractivity contribution in [2.75, 3.05) is 30.8 Å². The normalized spacial score (nSPS) is 14.3. The number of anilines is 2. The van der Waals surface area contributed by atoms with Crippen molar-refractivity contribution in [2.24, 2.45) is 0 Å². The summed E-state index contributed by atoms with van der Waals surface area (Å²) >= 11 is 0. The van der Waals surface area contributed by atoms with Crippen LogP contribution in [-0.4, -0.2) is 25.4 Å². The Morgan fingerprint density at radius 1 is 1.35 bits per heavy atom. The SMILES string of the molecule is CN1CCOc2ccc(-c3cc(N)no3)cc21. The Morgan fingerprint density at radius 3 is 3.00 bits per heavy atom. The molecular formula is C12H13N3O2. The number of fused-ring (bicyclic) bond motifs is 1. The van der Waals surface area contributed by atoms with Gasteiger partial charge in [0.05, 0.1) is 12.2 Å². The summed E-state index contributed by atoms with van der Waals surface area (Å²) < 4.78 is 10.7. The molecule has 0 fully saturated rings. The van der Waals surface area contributed by atoms with E-state index < -0.39 is 0 Å². The fraction of sp³-hybridized carbons (Fsp3) is 0.250. The van der Waals surface area contributed by atoms with E-state index >= 15 is 0 Å². The van der Waals surface area contributed by atoms with Crippen LogP contribution < -0.4 is 15.4 Å². The van der Waals surface area contributed by atoms with Crippen LogP contribution in [0.3, 0.4) is 0 Å². The minimum Gasteiger partial charge on any atom is -0.490 e. The van der Waals surface area contributed by atoms with Gasteiger partial charge in [0.25, 0.3) is 0 Å². The summed E-state index contributed by atoms with van der Waals surface area (Å²) in [6.07, 6.45) is 0. The first-order valence-corrected chi connectivity index (χ1v) is 5.44. The molecule has 5 heteroatoms. The Bertz CT molecular complexity index is 550. The van der Waals surface area contributed by atoms with E-state index in [4.69, 9.17) is 15.0 Å². The van der Waals surface area contributed by atoms with Crippen LogP contribution in [0.15, 0.2) is 28.8 Å². The molecule has 0 atom stereocenters. The molecule has 0 amide bonds. The number of rotatable bonds is 1.